The highest BCUT2D eigenvalue weighted by Gasteiger charge is 2.11. The average Bonchev–Trinajstić information content (AvgIpc) is 2.63. The zero-order valence-electron chi connectivity index (χ0n) is 11.0. The number of pyridine rings is 1. The quantitative estimate of drug-likeness (QED) is 0.858. The summed E-state index contributed by atoms with van der Waals surface area (Å²) >= 11 is 5.31. The third-order valence-corrected chi connectivity index (χ3v) is 4.75. The number of rotatable bonds is 3. The molecule has 0 aliphatic heterocycles. The molecule has 0 bridgehead atoms. The highest BCUT2D eigenvalue weighted by molar-refractivity contribution is 9.10. The van der Waals surface area contributed by atoms with Crippen molar-refractivity contribution in [1.82, 2.24) is 4.98 Å². The van der Waals surface area contributed by atoms with Gasteiger partial charge in [0.2, 0.25) is 0 Å². The van der Waals surface area contributed by atoms with Gasteiger partial charge in [-0.05, 0) is 67.4 Å². The van der Waals surface area contributed by atoms with E-state index in [0.717, 1.165) is 16.0 Å². The Balaban J connectivity index is 2.18. The zero-order valence-corrected chi connectivity index (χ0v) is 13.4. The van der Waals surface area contributed by atoms with Crippen LogP contribution in [0.2, 0.25) is 0 Å². The van der Waals surface area contributed by atoms with Gasteiger partial charge in [-0.3, -0.25) is 0 Å². The van der Waals surface area contributed by atoms with E-state index >= 15 is 0 Å². The van der Waals surface area contributed by atoms with Crippen molar-refractivity contribution in [3.63, 3.8) is 0 Å². The number of anilines is 1. The van der Waals surface area contributed by atoms with Crippen LogP contribution in [0, 0.1) is 20.8 Å². The number of nitrogens with zero attached hydrogens (tertiary/aromatic N) is 1. The number of aryl methyl sites for hydroxylation is 3. The van der Waals surface area contributed by atoms with Crippen molar-refractivity contribution < 1.29 is 0 Å². The Kier molecular flexibility index (Phi) is 4.07. The van der Waals surface area contributed by atoms with Crippen molar-refractivity contribution in [3.8, 4) is 0 Å². The molecule has 0 saturated carbocycles. The molecule has 0 spiro atoms. The lowest BCUT2D eigenvalue weighted by Gasteiger charge is -2.15. The van der Waals surface area contributed by atoms with E-state index in [9.17, 15) is 0 Å². The molecule has 0 amide bonds. The highest BCUT2D eigenvalue weighted by atomic mass is 79.9. The molecule has 0 fully saturated rings. The van der Waals surface area contributed by atoms with E-state index in [0.29, 0.717) is 0 Å². The molecule has 2 aromatic heterocycles. The molecular weight excluding hydrogens is 308 g/mol. The van der Waals surface area contributed by atoms with E-state index in [4.69, 9.17) is 0 Å². The van der Waals surface area contributed by atoms with Gasteiger partial charge in [0, 0.05) is 14.2 Å². The van der Waals surface area contributed by atoms with Crippen LogP contribution in [0.25, 0.3) is 0 Å². The SMILES string of the molecule is Cc1cc(C(C)Nc2ccc(Br)c(C)n2)c(C)s1. The standard InChI is InChI=1S/C14H17BrN2S/c1-8-7-12(11(4)18-8)9(2)16-14-6-5-13(15)10(3)17-14/h5-7,9H,1-4H3,(H,16,17). The predicted octanol–water partition coefficient (Wildman–Crippen LogP) is 5.00. The topological polar surface area (TPSA) is 24.9 Å². The maximum Gasteiger partial charge on any atom is 0.126 e. The lowest BCUT2D eigenvalue weighted by Crippen LogP contribution is -2.08. The summed E-state index contributed by atoms with van der Waals surface area (Å²) in [4.78, 5) is 7.25. The Labute approximate surface area is 121 Å². The molecule has 18 heavy (non-hydrogen) atoms. The van der Waals surface area contributed by atoms with Crippen molar-refractivity contribution >= 4 is 33.1 Å². The Bertz CT molecular complexity index is 563. The van der Waals surface area contributed by atoms with E-state index < -0.39 is 0 Å². The van der Waals surface area contributed by atoms with Crippen molar-refractivity contribution in [2.45, 2.75) is 33.7 Å². The summed E-state index contributed by atoms with van der Waals surface area (Å²) in [5.41, 5.74) is 2.37. The maximum absolute atomic E-state index is 4.52. The molecule has 0 radical (unpaired) electrons. The van der Waals surface area contributed by atoms with Gasteiger partial charge in [-0.1, -0.05) is 0 Å². The molecule has 0 aliphatic carbocycles. The van der Waals surface area contributed by atoms with Crippen LogP contribution in [-0.2, 0) is 0 Å². The first-order valence-corrected chi connectivity index (χ1v) is 7.55. The minimum atomic E-state index is 0.281. The molecule has 1 atom stereocenters. The Hall–Kier alpha value is -0.870. The van der Waals surface area contributed by atoms with E-state index in [-0.39, 0.29) is 6.04 Å². The monoisotopic (exact) mass is 324 g/mol. The summed E-state index contributed by atoms with van der Waals surface area (Å²) in [5, 5.41) is 3.46. The fraction of sp³-hybridized carbons (Fsp3) is 0.357. The first-order chi connectivity index (χ1) is 8.47. The lowest BCUT2D eigenvalue weighted by atomic mass is 10.1. The third-order valence-electron chi connectivity index (χ3n) is 2.93. The van der Waals surface area contributed by atoms with E-state index in [1.165, 1.54) is 15.3 Å². The predicted molar refractivity (Wildman–Crippen MR) is 82.5 cm³/mol. The molecule has 0 aliphatic rings. The van der Waals surface area contributed by atoms with Crippen LogP contribution >= 0.6 is 27.3 Å². The van der Waals surface area contributed by atoms with Gasteiger partial charge in [0.05, 0.1) is 11.7 Å². The van der Waals surface area contributed by atoms with Gasteiger partial charge < -0.3 is 5.32 Å². The minimum absolute atomic E-state index is 0.281. The first kappa shape index (κ1) is 13.6. The van der Waals surface area contributed by atoms with E-state index in [2.05, 4.69) is 53.1 Å². The maximum atomic E-state index is 4.52. The van der Waals surface area contributed by atoms with Crippen LogP contribution in [0.1, 0.15) is 34.0 Å². The van der Waals surface area contributed by atoms with Gasteiger partial charge in [-0.2, -0.15) is 0 Å². The summed E-state index contributed by atoms with van der Waals surface area (Å²) in [6, 6.07) is 6.57. The minimum Gasteiger partial charge on any atom is -0.364 e. The first-order valence-electron chi connectivity index (χ1n) is 5.94. The van der Waals surface area contributed by atoms with Crippen LogP contribution in [-0.4, -0.2) is 4.98 Å². The second-order valence-electron chi connectivity index (χ2n) is 4.50. The Morgan fingerprint density at radius 2 is 2.00 bits per heavy atom. The molecule has 2 heterocycles. The van der Waals surface area contributed by atoms with Crippen LogP contribution in [0.5, 0.6) is 0 Å². The Morgan fingerprint density at radius 3 is 2.56 bits per heavy atom. The van der Waals surface area contributed by atoms with Crippen molar-refractivity contribution in [2.75, 3.05) is 5.32 Å². The Morgan fingerprint density at radius 1 is 1.28 bits per heavy atom. The van der Waals surface area contributed by atoms with Gasteiger partial charge in [0.1, 0.15) is 5.82 Å². The largest absolute Gasteiger partial charge is 0.364 e. The molecule has 2 rings (SSSR count). The van der Waals surface area contributed by atoms with Gasteiger partial charge in [0.15, 0.2) is 0 Å². The normalized spacial score (nSPS) is 12.5. The summed E-state index contributed by atoms with van der Waals surface area (Å²) in [5.74, 6) is 0.923. The fourth-order valence-electron chi connectivity index (χ4n) is 2.00. The molecule has 0 aromatic carbocycles. The van der Waals surface area contributed by atoms with Crippen molar-refractivity contribution in [2.24, 2.45) is 0 Å². The molecule has 2 aromatic rings. The number of halogens is 1. The third kappa shape index (κ3) is 2.93. The molecule has 96 valence electrons. The second-order valence-corrected chi connectivity index (χ2v) is 6.81. The van der Waals surface area contributed by atoms with Gasteiger partial charge in [0.25, 0.3) is 0 Å². The van der Waals surface area contributed by atoms with Crippen molar-refractivity contribution in [3.05, 3.63) is 43.7 Å². The number of thiophene rings is 1. The molecular formula is C14H17BrN2S. The summed E-state index contributed by atoms with van der Waals surface area (Å²) in [6.07, 6.45) is 0. The molecule has 0 saturated heterocycles. The fourth-order valence-corrected chi connectivity index (χ4v) is 3.25. The lowest BCUT2D eigenvalue weighted by molar-refractivity contribution is 0.869. The van der Waals surface area contributed by atoms with Gasteiger partial charge >= 0.3 is 0 Å². The number of hydrogen-bond acceptors (Lipinski definition) is 3. The van der Waals surface area contributed by atoms with Crippen LogP contribution < -0.4 is 5.32 Å². The van der Waals surface area contributed by atoms with Crippen LogP contribution in [0.3, 0.4) is 0 Å². The number of aromatic nitrogens is 1. The van der Waals surface area contributed by atoms with Gasteiger partial charge in [-0.15, -0.1) is 11.3 Å². The summed E-state index contributed by atoms with van der Waals surface area (Å²) < 4.78 is 1.04. The smallest absolute Gasteiger partial charge is 0.126 e. The highest BCUT2D eigenvalue weighted by Crippen LogP contribution is 2.28. The second kappa shape index (κ2) is 5.41. The zero-order chi connectivity index (χ0) is 13.3. The number of hydrogen-bond donors (Lipinski definition) is 1. The van der Waals surface area contributed by atoms with Crippen LogP contribution in [0.4, 0.5) is 5.82 Å². The molecule has 1 unspecified atom stereocenters. The summed E-state index contributed by atoms with van der Waals surface area (Å²) in [7, 11) is 0. The average molecular weight is 325 g/mol. The van der Waals surface area contributed by atoms with Crippen molar-refractivity contribution in [1.29, 1.82) is 0 Å². The summed E-state index contributed by atoms with van der Waals surface area (Å²) in [6.45, 7) is 8.49. The number of nitrogens with one attached hydrogen (secondary N) is 1. The van der Waals surface area contributed by atoms with Crippen LogP contribution in [0.15, 0.2) is 22.7 Å². The molecule has 2 nitrogen and oxygen atoms in total. The van der Waals surface area contributed by atoms with E-state index in [1.54, 1.807) is 0 Å². The van der Waals surface area contributed by atoms with E-state index in [1.807, 2.05) is 30.4 Å². The van der Waals surface area contributed by atoms with Gasteiger partial charge in [-0.25, -0.2) is 4.98 Å². The molecule has 1 N–H and O–H groups in total. The molecule has 4 heteroatoms.